The number of ether oxygens (including phenoxy) is 1. The van der Waals surface area contributed by atoms with E-state index in [0.717, 1.165) is 5.56 Å². The molecule has 1 N–H and O–H groups in total. The third kappa shape index (κ3) is 5.07. The van der Waals surface area contributed by atoms with Gasteiger partial charge in [0.05, 0.1) is 4.90 Å². The highest BCUT2D eigenvalue weighted by molar-refractivity contribution is 7.89. The van der Waals surface area contributed by atoms with Crippen molar-refractivity contribution in [2.24, 2.45) is 0 Å². The summed E-state index contributed by atoms with van der Waals surface area (Å²) >= 11 is 0. The number of carbonyl (C=O) groups excluding carboxylic acids is 1. The molecule has 0 aliphatic carbocycles. The Morgan fingerprint density at radius 2 is 1.76 bits per heavy atom. The van der Waals surface area contributed by atoms with Gasteiger partial charge in [-0.1, -0.05) is 22.9 Å². The molecule has 29 heavy (non-hydrogen) atoms. The third-order valence-corrected chi connectivity index (χ3v) is 5.65. The molecule has 0 fully saturated rings. The highest BCUT2D eigenvalue weighted by atomic mass is 32.2. The molecule has 0 amide bonds. The molecular weight excluding hydrogens is 399 g/mol. The van der Waals surface area contributed by atoms with Gasteiger partial charge in [0.2, 0.25) is 10.0 Å². The molecule has 0 atom stereocenters. The van der Waals surface area contributed by atoms with Crippen molar-refractivity contribution in [1.29, 1.82) is 0 Å². The number of sulfonamides is 1. The molecule has 7 nitrogen and oxygen atoms in total. The largest absolute Gasteiger partial charge is 0.458 e. The number of halogens is 1. The summed E-state index contributed by atoms with van der Waals surface area (Å²) in [6.07, 6.45) is 0. The van der Waals surface area contributed by atoms with E-state index in [1.807, 2.05) is 6.92 Å². The second-order valence-electron chi connectivity index (χ2n) is 6.39. The highest BCUT2D eigenvalue weighted by Crippen LogP contribution is 2.26. The number of aryl methyl sites for hydroxylation is 1. The van der Waals surface area contributed by atoms with Crippen LogP contribution in [0.25, 0.3) is 11.3 Å². The maximum atomic E-state index is 13.0. The van der Waals surface area contributed by atoms with Crippen molar-refractivity contribution in [1.82, 2.24) is 9.88 Å². The number of nitrogens with zero attached hydrogens (tertiary/aromatic N) is 1. The van der Waals surface area contributed by atoms with Gasteiger partial charge in [-0.05, 0) is 50.2 Å². The fraction of sp³-hybridized carbons (Fsp3) is 0.200. The Kier molecular flexibility index (Phi) is 6.09. The van der Waals surface area contributed by atoms with Gasteiger partial charge in [-0.25, -0.2) is 12.8 Å². The average molecular weight is 418 g/mol. The van der Waals surface area contributed by atoms with Crippen molar-refractivity contribution in [3.8, 4) is 11.3 Å². The van der Waals surface area contributed by atoms with Crippen LogP contribution in [0.4, 0.5) is 4.39 Å². The molecule has 2 aromatic carbocycles. The smallest absolute Gasteiger partial charge is 0.321 e. The van der Waals surface area contributed by atoms with Crippen LogP contribution in [0.3, 0.4) is 0 Å². The molecule has 0 radical (unpaired) electrons. The van der Waals surface area contributed by atoms with Crippen LogP contribution >= 0.6 is 0 Å². The van der Waals surface area contributed by atoms with Crippen LogP contribution in [0.1, 0.15) is 16.8 Å². The molecule has 152 valence electrons. The summed E-state index contributed by atoms with van der Waals surface area (Å²) in [4.78, 5) is 12.0. The van der Waals surface area contributed by atoms with E-state index in [1.165, 1.54) is 24.3 Å². The minimum atomic E-state index is -3.81. The molecule has 3 aromatic rings. The Morgan fingerprint density at radius 3 is 2.41 bits per heavy atom. The standard InChI is InChI=1S/C20H19FN2O5S/c1-13-3-9-17(10-4-13)29(25,26)22-11-19(24)27-12-18-14(2)20(28-23-18)15-5-7-16(21)8-6-15/h3-10,22H,11-12H2,1-2H3. The normalized spacial score (nSPS) is 11.4. The summed E-state index contributed by atoms with van der Waals surface area (Å²) in [5, 5.41) is 3.87. The lowest BCUT2D eigenvalue weighted by Crippen LogP contribution is -2.30. The Balaban J connectivity index is 1.57. The first kappa shape index (κ1) is 20.7. The fourth-order valence-corrected chi connectivity index (χ4v) is 3.50. The minimum Gasteiger partial charge on any atom is -0.458 e. The van der Waals surface area contributed by atoms with E-state index in [4.69, 9.17) is 9.26 Å². The molecule has 3 rings (SSSR count). The molecule has 0 bridgehead atoms. The van der Waals surface area contributed by atoms with E-state index in [1.54, 1.807) is 31.2 Å². The summed E-state index contributed by atoms with van der Waals surface area (Å²) in [6, 6.07) is 12.0. The van der Waals surface area contributed by atoms with Crippen molar-refractivity contribution in [3.63, 3.8) is 0 Å². The zero-order valence-electron chi connectivity index (χ0n) is 15.8. The number of carbonyl (C=O) groups is 1. The predicted octanol–water partition coefficient (Wildman–Crippen LogP) is 3.12. The Morgan fingerprint density at radius 1 is 1.10 bits per heavy atom. The van der Waals surface area contributed by atoms with Crippen molar-refractivity contribution in [2.75, 3.05) is 6.54 Å². The van der Waals surface area contributed by atoms with Crippen LogP contribution < -0.4 is 4.72 Å². The number of aromatic nitrogens is 1. The van der Waals surface area contributed by atoms with E-state index in [-0.39, 0.29) is 17.3 Å². The van der Waals surface area contributed by atoms with E-state index in [0.29, 0.717) is 22.6 Å². The molecule has 0 saturated carbocycles. The summed E-state index contributed by atoms with van der Waals surface area (Å²) in [7, 11) is -3.81. The maximum absolute atomic E-state index is 13.0. The molecule has 9 heteroatoms. The van der Waals surface area contributed by atoms with Gasteiger partial charge in [-0.3, -0.25) is 4.79 Å². The van der Waals surface area contributed by atoms with Gasteiger partial charge in [-0.15, -0.1) is 0 Å². The lowest BCUT2D eigenvalue weighted by molar-refractivity contribution is -0.143. The van der Waals surface area contributed by atoms with Crippen molar-refractivity contribution in [2.45, 2.75) is 25.3 Å². The highest BCUT2D eigenvalue weighted by Gasteiger charge is 2.18. The molecule has 0 aliphatic rings. The van der Waals surface area contributed by atoms with Crippen molar-refractivity contribution >= 4 is 16.0 Å². The summed E-state index contributed by atoms with van der Waals surface area (Å²) in [5.74, 6) is -0.685. The Labute approximate surface area is 167 Å². The lowest BCUT2D eigenvalue weighted by atomic mass is 10.1. The first-order valence-electron chi connectivity index (χ1n) is 8.69. The number of hydrogen-bond donors (Lipinski definition) is 1. The lowest BCUT2D eigenvalue weighted by Gasteiger charge is -2.07. The number of esters is 1. The van der Waals surface area contributed by atoms with Gasteiger partial charge < -0.3 is 9.26 Å². The Hall–Kier alpha value is -3.04. The van der Waals surface area contributed by atoms with E-state index >= 15 is 0 Å². The number of hydrogen-bond acceptors (Lipinski definition) is 6. The zero-order valence-corrected chi connectivity index (χ0v) is 16.6. The van der Waals surface area contributed by atoms with Crippen LogP contribution in [0.15, 0.2) is 57.9 Å². The average Bonchev–Trinajstić information content (AvgIpc) is 3.06. The second kappa shape index (κ2) is 8.54. The quantitative estimate of drug-likeness (QED) is 0.592. The molecule has 0 unspecified atom stereocenters. The summed E-state index contributed by atoms with van der Waals surface area (Å²) in [6.45, 7) is 2.88. The van der Waals surface area contributed by atoms with Crippen LogP contribution in [0, 0.1) is 19.7 Å². The number of nitrogens with one attached hydrogen (secondary N) is 1. The second-order valence-corrected chi connectivity index (χ2v) is 8.16. The maximum Gasteiger partial charge on any atom is 0.321 e. The van der Waals surface area contributed by atoms with Gasteiger partial charge in [0.1, 0.15) is 24.7 Å². The predicted molar refractivity (Wildman–Crippen MR) is 103 cm³/mol. The molecule has 0 aliphatic heterocycles. The van der Waals surface area contributed by atoms with Crippen LogP contribution in [0.2, 0.25) is 0 Å². The SMILES string of the molecule is Cc1ccc(S(=O)(=O)NCC(=O)OCc2noc(-c3ccc(F)cc3)c2C)cc1. The fourth-order valence-electron chi connectivity index (χ4n) is 2.53. The topological polar surface area (TPSA) is 98.5 Å². The third-order valence-electron chi connectivity index (χ3n) is 4.23. The first-order chi connectivity index (χ1) is 13.8. The van der Waals surface area contributed by atoms with Gasteiger partial charge in [0, 0.05) is 11.1 Å². The summed E-state index contributed by atoms with van der Waals surface area (Å²) in [5.41, 5.74) is 2.59. The molecule has 1 aromatic heterocycles. The monoisotopic (exact) mass is 418 g/mol. The van der Waals surface area contributed by atoms with Gasteiger partial charge in [-0.2, -0.15) is 4.72 Å². The van der Waals surface area contributed by atoms with Crippen molar-refractivity contribution < 1.29 is 26.9 Å². The molecule has 0 saturated heterocycles. The van der Waals surface area contributed by atoms with Gasteiger partial charge in [0.25, 0.3) is 0 Å². The minimum absolute atomic E-state index is 0.0622. The zero-order chi connectivity index (χ0) is 21.0. The van der Waals surface area contributed by atoms with Crippen LogP contribution in [0.5, 0.6) is 0 Å². The Bertz CT molecular complexity index is 1110. The van der Waals surface area contributed by atoms with Gasteiger partial charge >= 0.3 is 5.97 Å². The first-order valence-corrected chi connectivity index (χ1v) is 10.2. The van der Waals surface area contributed by atoms with E-state index in [9.17, 15) is 17.6 Å². The van der Waals surface area contributed by atoms with Gasteiger partial charge in [0.15, 0.2) is 5.76 Å². The van der Waals surface area contributed by atoms with Crippen molar-refractivity contribution in [3.05, 3.63) is 71.2 Å². The summed E-state index contributed by atoms with van der Waals surface area (Å²) < 4.78 is 50.0. The van der Waals surface area contributed by atoms with Crippen LogP contribution in [-0.2, 0) is 26.2 Å². The molecular formula is C20H19FN2O5S. The number of rotatable bonds is 7. The van der Waals surface area contributed by atoms with E-state index in [2.05, 4.69) is 9.88 Å². The number of benzene rings is 2. The molecule has 1 heterocycles. The van der Waals surface area contributed by atoms with Crippen LogP contribution in [-0.4, -0.2) is 26.1 Å². The molecule has 0 spiro atoms. The van der Waals surface area contributed by atoms with E-state index < -0.39 is 22.5 Å².